The van der Waals surface area contributed by atoms with E-state index in [1.54, 1.807) is 0 Å². The van der Waals surface area contributed by atoms with Crippen LogP contribution in [0, 0.1) is 0 Å². The third kappa shape index (κ3) is 3.34. The van der Waals surface area contributed by atoms with Crippen LogP contribution in [0.15, 0.2) is 0 Å². The van der Waals surface area contributed by atoms with Crippen molar-refractivity contribution < 1.29 is 4.74 Å². The van der Waals surface area contributed by atoms with Gasteiger partial charge in [0.05, 0.1) is 12.2 Å². The zero-order valence-corrected chi connectivity index (χ0v) is 10.6. The number of ether oxygens (including phenoxy) is 1. The van der Waals surface area contributed by atoms with E-state index >= 15 is 0 Å². The first-order chi connectivity index (χ1) is 7.18. The van der Waals surface area contributed by atoms with Crippen molar-refractivity contribution in [1.29, 1.82) is 0 Å². The number of nitrogens with zero attached hydrogens (tertiary/aromatic N) is 1. The van der Waals surface area contributed by atoms with Gasteiger partial charge in [0.2, 0.25) is 0 Å². The zero-order valence-electron chi connectivity index (χ0n) is 9.79. The molecule has 0 bridgehead atoms. The highest BCUT2D eigenvalue weighted by Gasteiger charge is 2.32. The molecule has 1 atom stereocenters. The van der Waals surface area contributed by atoms with Gasteiger partial charge < -0.3 is 10.1 Å². The average molecular weight is 230 g/mol. The van der Waals surface area contributed by atoms with E-state index < -0.39 is 0 Å². The second-order valence-electron chi connectivity index (χ2n) is 4.88. The van der Waals surface area contributed by atoms with E-state index in [4.69, 9.17) is 4.74 Å². The summed E-state index contributed by atoms with van der Waals surface area (Å²) in [6.07, 6.45) is 0. The van der Waals surface area contributed by atoms with Crippen LogP contribution in [0.4, 0.5) is 0 Å². The predicted molar refractivity (Wildman–Crippen MR) is 65.6 cm³/mol. The molecule has 3 nitrogen and oxygen atoms in total. The lowest BCUT2D eigenvalue weighted by molar-refractivity contribution is -0.0719. The van der Waals surface area contributed by atoms with Gasteiger partial charge in [0.1, 0.15) is 0 Å². The Bertz CT molecular complexity index is 209. The fourth-order valence-corrected chi connectivity index (χ4v) is 3.18. The summed E-state index contributed by atoms with van der Waals surface area (Å²) in [5.74, 6) is 1.28. The summed E-state index contributed by atoms with van der Waals surface area (Å²) < 4.78 is 5.89. The minimum absolute atomic E-state index is 0.121. The van der Waals surface area contributed by atoms with Crippen LogP contribution in [-0.4, -0.2) is 60.8 Å². The highest BCUT2D eigenvalue weighted by Crippen LogP contribution is 2.18. The fraction of sp³-hybridized carbons (Fsp3) is 1.00. The van der Waals surface area contributed by atoms with Gasteiger partial charge in [-0.2, -0.15) is 11.8 Å². The van der Waals surface area contributed by atoms with Crippen LogP contribution >= 0.6 is 11.8 Å². The molecule has 2 rings (SSSR count). The van der Waals surface area contributed by atoms with E-state index in [-0.39, 0.29) is 5.60 Å². The van der Waals surface area contributed by atoms with E-state index in [0.29, 0.717) is 0 Å². The maximum absolute atomic E-state index is 5.89. The molecule has 15 heavy (non-hydrogen) atoms. The van der Waals surface area contributed by atoms with E-state index in [1.165, 1.54) is 18.8 Å². The molecule has 0 aromatic rings. The molecular formula is C11H22N2OS. The molecule has 0 spiro atoms. The third-order valence-corrected chi connectivity index (χ3v) is 4.32. The first-order valence-electron chi connectivity index (χ1n) is 5.87. The van der Waals surface area contributed by atoms with Crippen molar-refractivity contribution in [3.8, 4) is 0 Å². The van der Waals surface area contributed by atoms with Crippen molar-refractivity contribution in [2.45, 2.75) is 24.7 Å². The second kappa shape index (κ2) is 5.04. The number of hydrogen-bond acceptors (Lipinski definition) is 4. The number of thioether (sulfide) groups is 1. The van der Waals surface area contributed by atoms with Crippen LogP contribution in [0.25, 0.3) is 0 Å². The Hall–Kier alpha value is 0.230. The highest BCUT2D eigenvalue weighted by molar-refractivity contribution is 7.99. The molecule has 0 amide bonds. The molecule has 1 N–H and O–H groups in total. The lowest BCUT2D eigenvalue weighted by atomic mass is 10.0. The molecule has 0 aromatic heterocycles. The Morgan fingerprint density at radius 2 is 2.33 bits per heavy atom. The molecule has 2 saturated heterocycles. The average Bonchev–Trinajstić information content (AvgIpc) is 2.15. The van der Waals surface area contributed by atoms with Gasteiger partial charge in [-0.1, -0.05) is 6.92 Å². The Balaban J connectivity index is 1.60. The summed E-state index contributed by atoms with van der Waals surface area (Å²) in [4.78, 5) is 2.52. The highest BCUT2D eigenvalue weighted by atomic mass is 32.2. The molecule has 2 aliphatic rings. The van der Waals surface area contributed by atoms with Crippen LogP contribution in [0.3, 0.4) is 0 Å². The first-order valence-corrected chi connectivity index (χ1v) is 6.91. The molecule has 2 fully saturated rings. The van der Waals surface area contributed by atoms with E-state index in [0.717, 1.165) is 31.5 Å². The van der Waals surface area contributed by atoms with Crippen LogP contribution in [0.1, 0.15) is 13.8 Å². The number of hydrogen-bond donors (Lipinski definition) is 1. The summed E-state index contributed by atoms with van der Waals surface area (Å²) in [6.45, 7) is 11.0. The Kier molecular flexibility index (Phi) is 3.93. The van der Waals surface area contributed by atoms with Crippen molar-refractivity contribution >= 4 is 11.8 Å². The van der Waals surface area contributed by atoms with Crippen LogP contribution in [-0.2, 0) is 4.74 Å². The molecule has 2 aliphatic heterocycles. The Morgan fingerprint density at radius 3 is 2.93 bits per heavy atom. The first kappa shape index (κ1) is 11.7. The lowest BCUT2D eigenvalue weighted by Gasteiger charge is -2.40. The van der Waals surface area contributed by atoms with Gasteiger partial charge in [0, 0.05) is 43.7 Å². The topological polar surface area (TPSA) is 24.5 Å². The molecule has 0 aliphatic carbocycles. The lowest BCUT2D eigenvalue weighted by Crippen LogP contribution is -2.59. The minimum Gasteiger partial charge on any atom is -0.371 e. The molecule has 88 valence electrons. The van der Waals surface area contributed by atoms with Gasteiger partial charge in [0.25, 0.3) is 0 Å². The summed E-state index contributed by atoms with van der Waals surface area (Å²) in [7, 11) is 0. The van der Waals surface area contributed by atoms with Gasteiger partial charge in [-0.05, 0) is 6.92 Å². The van der Waals surface area contributed by atoms with Gasteiger partial charge in [-0.3, -0.25) is 4.90 Å². The maximum Gasteiger partial charge on any atom is 0.0902 e. The van der Waals surface area contributed by atoms with Gasteiger partial charge in [0.15, 0.2) is 0 Å². The van der Waals surface area contributed by atoms with Crippen LogP contribution < -0.4 is 5.32 Å². The Morgan fingerprint density at radius 1 is 1.53 bits per heavy atom. The predicted octanol–water partition coefficient (Wildman–Crippen LogP) is 0.802. The third-order valence-electron chi connectivity index (χ3n) is 3.18. The quantitative estimate of drug-likeness (QED) is 0.772. The smallest absolute Gasteiger partial charge is 0.0902 e. The Labute approximate surface area is 96.9 Å². The molecule has 0 aromatic carbocycles. The maximum atomic E-state index is 5.89. The summed E-state index contributed by atoms with van der Waals surface area (Å²) in [5, 5.41) is 4.05. The van der Waals surface area contributed by atoms with Crippen molar-refractivity contribution in [2.24, 2.45) is 0 Å². The zero-order chi connectivity index (χ0) is 10.7. The molecule has 0 radical (unpaired) electrons. The fourth-order valence-electron chi connectivity index (χ4n) is 2.09. The van der Waals surface area contributed by atoms with Gasteiger partial charge in [-0.15, -0.1) is 0 Å². The summed E-state index contributed by atoms with van der Waals surface area (Å²) in [5.41, 5.74) is 0.121. The molecule has 4 heteroatoms. The van der Waals surface area contributed by atoms with E-state index in [1.807, 2.05) is 0 Å². The van der Waals surface area contributed by atoms with Crippen molar-refractivity contribution in [3.05, 3.63) is 0 Å². The normalized spacial score (nSPS) is 31.2. The standard InChI is InChI=1S/C11H22N2OS/c1-10-7-13(4-6-15-10)3-5-14-11(2)8-12-9-11/h10,12H,3-9H2,1-2H3. The number of nitrogens with one attached hydrogen (secondary N) is 1. The largest absolute Gasteiger partial charge is 0.371 e. The molecule has 2 heterocycles. The monoisotopic (exact) mass is 230 g/mol. The van der Waals surface area contributed by atoms with Crippen molar-refractivity contribution in [1.82, 2.24) is 10.2 Å². The molecule has 0 saturated carbocycles. The molecule has 1 unspecified atom stereocenters. The number of rotatable bonds is 4. The summed E-state index contributed by atoms with van der Waals surface area (Å²) in [6, 6.07) is 0. The van der Waals surface area contributed by atoms with Gasteiger partial charge in [-0.25, -0.2) is 0 Å². The van der Waals surface area contributed by atoms with Crippen LogP contribution in [0.2, 0.25) is 0 Å². The second-order valence-corrected chi connectivity index (χ2v) is 6.43. The van der Waals surface area contributed by atoms with E-state index in [2.05, 4.69) is 35.8 Å². The minimum atomic E-state index is 0.121. The summed E-state index contributed by atoms with van der Waals surface area (Å²) >= 11 is 2.08. The van der Waals surface area contributed by atoms with Crippen molar-refractivity contribution in [3.63, 3.8) is 0 Å². The van der Waals surface area contributed by atoms with Crippen LogP contribution in [0.5, 0.6) is 0 Å². The molecular weight excluding hydrogens is 208 g/mol. The van der Waals surface area contributed by atoms with E-state index in [9.17, 15) is 0 Å². The van der Waals surface area contributed by atoms with Gasteiger partial charge >= 0.3 is 0 Å². The van der Waals surface area contributed by atoms with Crippen molar-refractivity contribution in [2.75, 3.05) is 45.1 Å². The SMILES string of the molecule is CC1CN(CCOC2(C)CNC2)CCS1.